The Bertz CT molecular complexity index is 792. The number of hydrogen-bond donors (Lipinski definition) is 0. The van der Waals surface area contributed by atoms with E-state index in [-0.39, 0.29) is 32.7 Å². The van der Waals surface area contributed by atoms with Crippen molar-refractivity contribution in [1.82, 2.24) is 0 Å². The molecule has 9 unspecified atom stereocenters. The van der Waals surface area contributed by atoms with E-state index in [1.165, 1.54) is 57.8 Å². The third-order valence-corrected chi connectivity index (χ3v) is 14.3. The van der Waals surface area contributed by atoms with Crippen LogP contribution in [0.15, 0.2) is 0 Å². The zero-order valence-corrected chi connectivity index (χ0v) is 27.7. The summed E-state index contributed by atoms with van der Waals surface area (Å²) in [5.74, 6) is 7.33. The summed E-state index contributed by atoms with van der Waals surface area (Å²) in [5, 5.41) is 0. The Balaban J connectivity index is 0.00000274. The Hall–Kier alpha value is 1.10. The minimum absolute atomic E-state index is 0. The van der Waals surface area contributed by atoms with Crippen molar-refractivity contribution in [3.05, 3.63) is 5.92 Å². The Morgan fingerprint density at radius 1 is 0.676 bits per heavy atom. The van der Waals surface area contributed by atoms with Crippen molar-refractivity contribution in [2.24, 2.45) is 68.0 Å². The van der Waals surface area contributed by atoms with E-state index in [1.807, 2.05) is 0 Å². The van der Waals surface area contributed by atoms with Crippen molar-refractivity contribution in [2.45, 2.75) is 134 Å². The van der Waals surface area contributed by atoms with Gasteiger partial charge >= 0.3 is 0 Å². The van der Waals surface area contributed by atoms with Gasteiger partial charge in [0.15, 0.2) is 0 Å². The Morgan fingerprint density at radius 2 is 1.29 bits per heavy atom. The molecule has 0 aromatic carbocycles. The number of rotatable bonds is 0. The van der Waals surface area contributed by atoms with Crippen LogP contribution in [0.5, 0.6) is 0 Å². The molecule has 0 aliphatic heterocycles. The molecule has 5 rings (SSSR count). The molecular formula is C33H57Y-. The summed E-state index contributed by atoms with van der Waals surface area (Å²) >= 11 is 0. The van der Waals surface area contributed by atoms with Crippen LogP contribution in [0.3, 0.4) is 0 Å². The summed E-state index contributed by atoms with van der Waals surface area (Å²) in [4.78, 5) is 0. The van der Waals surface area contributed by atoms with Crippen LogP contribution in [0.2, 0.25) is 0 Å². The van der Waals surface area contributed by atoms with E-state index in [0.29, 0.717) is 32.5 Å². The molecule has 0 saturated heterocycles. The second kappa shape index (κ2) is 8.30. The first-order valence-corrected chi connectivity index (χ1v) is 14.9. The van der Waals surface area contributed by atoms with Gasteiger partial charge in [-0.2, -0.15) is 17.8 Å². The Labute approximate surface area is 239 Å². The predicted octanol–water partition coefficient (Wildman–Crippen LogP) is 9.97. The zero-order chi connectivity index (χ0) is 24.4. The molecule has 1 radical (unpaired) electrons. The molecule has 34 heavy (non-hydrogen) atoms. The van der Waals surface area contributed by atoms with Gasteiger partial charge in [0, 0.05) is 32.7 Å². The van der Waals surface area contributed by atoms with Gasteiger partial charge in [-0.15, -0.1) is 0 Å². The summed E-state index contributed by atoms with van der Waals surface area (Å²) in [5.41, 5.74) is 3.01. The van der Waals surface area contributed by atoms with Gasteiger partial charge in [-0.25, -0.2) is 0 Å². The zero-order valence-electron chi connectivity index (χ0n) is 24.9. The van der Waals surface area contributed by atoms with E-state index in [9.17, 15) is 0 Å². The van der Waals surface area contributed by atoms with Gasteiger partial charge in [0.1, 0.15) is 0 Å². The third kappa shape index (κ3) is 3.62. The van der Waals surface area contributed by atoms with Crippen LogP contribution in [0, 0.1) is 73.9 Å². The second-order valence-corrected chi connectivity index (χ2v) is 17.0. The van der Waals surface area contributed by atoms with E-state index in [4.69, 9.17) is 0 Å². The van der Waals surface area contributed by atoms with Crippen molar-refractivity contribution in [1.29, 1.82) is 0 Å². The minimum Gasteiger partial charge on any atom is -0.304 e. The van der Waals surface area contributed by atoms with Crippen molar-refractivity contribution in [2.75, 3.05) is 0 Å². The quantitative estimate of drug-likeness (QED) is 0.267. The molecular weight excluding hydrogens is 485 g/mol. The van der Waals surface area contributed by atoms with Crippen LogP contribution in [-0.4, -0.2) is 0 Å². The smallest absolute Gasteiger partial charge is 0 e. The third-order valence-electron chi connectivity index (χ3n) is 14.3. The van der Waals surface area contributed by atoms with E-state index in [2.05, 4.69) is 82.1 Å². The maximum Gasteiger partial charge on any atom is 0 e. The van der Waals surface area contributed by atoms with Gasteiger partial charge in [0.2, 0.25) is 0 Å². The fourth-order valence-corrected chi connectivity index (χ4v) is 12.2. The molecule has 0 N–H and O–H groups in total. The fourth-order valence-electron chi connectivity index (χ4n) is 12.2. The first-order valence-electron chi connectivity index (χ1n) is 14.9. The molecule has 0 aromatic heterocycles. The average molecular weight is 543 g/mol. The molecule has 5 saturated carbocycles. The van der Waals surface area contributed by atoms with E-state index < -0.39 is 0 Å². The van der Waals surface area contributed by atoms with Crippen LogP contribution < -0.4 is 0 Å². The first kappa shape index (κ1) is 28.1. The summed E-state index contributed by atoms with van der Waals surface area (Å²) in [6, 6.07) is 0. The fraction of sp³-hybridized carbons (Fsp3) is 0.970. The molecule has 0 aromatic rings. The molecule has 0 nitrogen and oxygen atoms in total. The standard InChI is InChI=1S/C33H57.Y/c1-21-18-26-31(9,16-14-25-30(7,8)22(2)12-15-32(25,26)10)23-13-17-33(11)24(27(21)23)19-28(3,4)20-29(33,5)6;/h21-26H,12-20H2,1-11H3;/q-1;. The van der Waals surface area contributed by atoms with Crippen LogP contribution >= 0.6 is 0 Å². The SMILES string of the molecule is CC1CC2C(C)(CCC3C(C)(C)C(C)CCC32C)C2CCC3(C)C(CC(C)(C)CC3(C)C)[C-]12.[Y]. The van der Waals surface area contributed by atoms with Crippen LogP contribution in [-0.2, 0) is 32.7 Å². The van der Waals surface area contributed by atoms with E-state index >= 15 is 0 Å². The average Bonchev–Trinajstić information content (AvgIpc) is 2.67. The number of fused-ring (bicyclic) bond motifs is 7. The summed E-state index contributed by atoms with van der Waals surface area (Å²) in [6.07, 6.45) is 13.2. The summed E-state index contributed by atoms with van der Waals surface area (Å²) in [7, 11) is 0. The largest absolute Gasteiger partial charge is 0.304 e. The molecule has 0 amide bonds. The molecule has 0 bridgehead atoms. The Kier molecular flexibility index (Phi) is 6.86. The molecule has 1 heteroatoms. The summed E-state index contributed by atoms with van der Waals surface area (Å²) < 4.78 is 0. The normalized spacial score (nSPS) is 53.4. The van der Waals surface area contributed by atoms with Crippen LogP contribution in [0.25, 0.3) is 0 Å². The maximum absolute atomic E-state index is 2.79. The van der Waals surface area contributed by atoms with Gasteiger partial charge in [-0.05, 0) is 71.5 Å². The van der Waals surface area contributed by atoms with Gasteiger partial charge in [0.25, 0.3) is 0 Å². The predicted molar refractivity (Wildman–Crippen MR) is 143 cm³/mol. The Morgan fingerprint density at radius 3 is 1.94 bits per heavy atom. The molecule has 5 aliphatic carbocycles. The van der Waals surface area contributed by atoms with Crippen LogP contribution in [0.1, 0.15) is 134 Å². The minimum atomic E-state index is 0. The van der Waals surface area contributed by atoms with Crippen molar-refractivity contribution in [3.8, 4) is 0 Å². The molecule has 0 spiro atoms. The van der Waals surface area contributed by atoms with Gasteiger partial charge in [-0.1, -0.05) is 113 Å². The molecule has 9 atom stereocenters. The maximum atomic E-state index is 2.79. The monoisotopic (exact) mass is 542 g/mol. The summed E-state index contributed by atoms with van der Waals surface area (Å²) in [6.45, 7) is 29.2. The van der Waals surface area contributed by atoms with Gasteiger partial charge in [-0.3, -0.25) is 0 Å². The topological polar surface area (TPSA) is 0 Å². The van der Waals surface area contributed by atoms with Crippen LogP contribution in [0.4, 0.5) is 0 Å². The van der Waals surface area contributed by atoms with Crippen molar-refractivity contribution in [3.63, 3.8) is 0 Å². The van der Waals surface area contributed by atoms with E-state index in [1.54, 1.807) is 0 Å². The van der Waals surface area contributed by atoms with Crippen molar-refractivity contribution < 1.29 is 32.7 Å². The molecule has 193 valence electrons. The van der Waals surface area contributed by atoms with Crippen molar-refractivity contribution >= 4 is 0 Å². The van der Waals surface area contributed by atoms with Gasteiger partial charge < -0.3 is 5.92 Å². The number of hydrogen-bond acceptors (Lipinski definition) is 0. The molecule has 5 aliphatic rings. The van der Waals surface area contributed by atoms with E-state index in [0.717, 1.165) is 35.5 Å². The van der Waals surface area contributed by atoms with Gasteiger partial charge in [0.05, 0.1) is 0 Å². The molecule has 5 fully saturated rings. The molecule has 0 heterocycles. The second-order valence-electron chi connectivity index (χ2n) is 17.0. The first-order chi connectivity index (χ1) is 15.0.